The van der Waals surface area contributed by atoms with Gasteiger partial charge in [0.2, 0.25) is 0 Å². The maximum absolute atomic E-state index is 5.43. The van der Waals surface area contributed by atoms with Crippen molar-refractivity contribution in [1.29, 1.82) is 0 Å². The summed E-state index contributed by atoms with van der Waals surface area (Å²) in [5, 5.41) is 5.87. The first-order valence-electron chi connectivity index (χ1n) is 10.3. The third-order valence-corrected chi connectivity index (χ3v) is 6.78. The number of thiophene rings is 1. The molecule has 8 heteroatoms. The highest BCUT2D eigenvalue weighted by Gasteiger charge is 2.24. The molecule has 0 saturated heterocycles. The van der Waals surface area contributed by atoms with E-state index in [4.69, 9.17) is 19.6 Å². The monoisotopic (exact) mass is 423 g/mol. The van der Waals surface area contributed by atoms with Gasteiger partial charge < -0.3 is 9.47 Å². The lowest BCUT2D eigenvalue weighted by molar-refractivity contribution is 0.258. The van der Waals surface area contributed by atoms with Crippen molar-refractivity contribution in [2.75, 3.05) is 27.3 Å². The Morgan fingerprint density at radius 1 is 1.17 bits per heavy atom. The number of hydrogen-bond acceptors (Lipinski definition) is 7. The number of methoxy groups -OCH3 is 2. The van der Waals surface area contributed by atoms with Crippen LogP contribution in [0.5, 0.6) is 11.5 Å². The molecule has 0 radical (unpaired) electrons. The van der Waals surface area contributed by atoms with Gasteiger partial charge in [0.05, 0.1) is 19.6 Å². The minimum atomic E-state index is 0.625. The fraction of sp³-hybridized carbons (Fsp3) is 0.409. The van der Waals surface area contributed by atoms with E-state index in [9.17, 15) is 0 Å². The van der Waals surface area contributed by atoms with Gasteiger partial charge in [0.25, 0.3) is 0 Å². The quantitative estimate of drug-likeness (QED) is 0.471. The van der Waals surface area contributed by atoms with E-state index in [2.05, 4.69) is 16.8 Å². The fourth-order valence-electron chi connectivity index (χ4n) is 4.24. The molecule has 3 aromatic heterocycles. The normalized spacial score (nSPS) is 14.4. The molecule has 0 saturated carbocycles. The zero-order valence-electron chi connectivity index (χ0n) is 17.5. The highest BCUT2D eigenvalue weighted by Crippen LogP contribution is 2.36. The van der Waals surface area contributed by atoms with Crippen molar-refractivity contribution in [3.05, 3.63) is 46.4 Å². The molecule has 1 aromatic carbocycles. The van der Waals surface area contributed by atoms with Gasteiger partial charge in [-0.15, -0.1) is 16.4 Å². The molecule has 30 heavy (non-hydrogen) atoms. The Bertz CT molecular complexity index is 1220. The Morgan fingerprint density at radius 2 is 2.03 bits per heavy atom. The Kier molecular flexibility index (Phi) is 5.04. The summed E-state index contributed by atoms with van der Waals surface area (Å²) in [5.41, 5.74) is 3.40. The van der Waals surface area contributed by atoms with Crippen molar-refractivity contribution in [3.8, 4) is 11.5 Å². The van der Waals surface area contributed by atoms with Gasteiger partial charge in [0.15, 0.2) is 23.0 Å². The van der Waals surface area contributed by atoms with Crippen molar-refractivity contribution < 1.29 is 9.47 Å². The second-order valence-corrected chi connectivity index (χ2v) is 8.70. The molecule has 4 aromatic rings. The minimum absolute atomic E-state index is 0.625. The zero-order chi connectivity index (χ0) is 20.7. The summed E-state index contributed by atoms with van der Waals surface area (Å²) in [6, 6.07) is 5.92. The lowest BCUT2D eigenvalue weighted by Gasteiger charge is -2.26. The zero-order valence-corrected chi connectivity index (χ0v) is 18.3. The Morgan fingerprint density at radius 3 is 2.83 bits per heavy atom. The van der Waals surface area contributed by atoms with E-state index < -0.39 is 0 Å². The standard InChI is InChI=1S/C22H25N5O2S/c1-4-8-26-9-7-15-18(12-26)30-22-20(15)21-24-19(25-27(21)13-23-22)11-14-5-6-16(28-2)17(10-14)29-3/h5-6,10,13H,4,7-9,11-12H2,1-3H3. The van der Waals surface area contributed by atoms with E-state index in [1.54, 1.807) is 31.9 Å². The van der Waals surface area contributed by atoms with Crippen molar-refractivity contribution >= 4 is 27.2 Å². The van der Waals surface area contributed by atoms with Crippen LogP contribution in [0, 0.1) is 0 Å². The second kappa shape index (κ2) is 7.85. The largest absolute Gasteiger partial charge is 0.493 e. The van der Waals surface area contributed by atoms with Gasteiger partial charge in [-0.25, -0.2) is 14.5 Å². The van der Waals surface area contributed by atoms with Crippen LogP contribution in [0.2, 0.25) is 0 Å². The maximum Gasteiger partial charge on any atom is 0.167 e. The number of fused-ring (bicyclic) bond motifs is 5. The Labute approximate surface area is 179 Å². The van der Waals surface area contributed by atoms with Crippen LogP contribution in [0.1, 0.15) is 35.2 Å². The molecule has 0 bridgehead atoms. The van der Waals surface area contributed by atoms with Crippen LogP contribution >= 0.6 is 11.3 Å². The smallest absolute Gasteiger partial charge is 0.167 e. The third kappa shape index (κ3) is 3.30. The minimum Gasteiger partial charge on any atom is -0.493 e. The summed E-state index contributed by atoms with van der Waals surface area (Å²) in [6.45, 7) is 5.50. The number of benzene rings is 1. The molecule has 0 fully saturated rings. The van der Waals surface area contributed by atoms with Gasteiger partial charge in [-0.3, -0.25) is 4.90 Å². The van der Waals surface area contributed by atoms with Crippen molar-refractivity contribution in [1.82, 2.24) is 24.5 Å². The average molecular weight is 424 g/mol. The molecular formula is C22H25N5O2S. The van der Waals surface area contributed by atoms with Crippen LogP contribution in [-0.2, 0) is 19.4 Å². The summed E-state index contributed by atoms with van der Waals surface area (Å²) >= 11 is 1.80. The molecule has 0 N–H and O–H groups in total. The van der Waals surface area contributed by atoms with Gasteiger partial charge >= 0.3 is 0 Å². The van der Waals surface area contributed by atoms with E-state index >= 15 is 0 Å². The third-order valence-electron chi connectivity index (χ3n) is 5.65. The van der Waals surface area contributed by atoms with E-state index in [0.29, 0.717) is 12.2 Å². The van der Waals surface area contributed by atoms with Crippen molar-refractivity contribution in [3.63, 3.8) is 0 Å². The van der Waals surface area contributed by atoms with Crippen molar-refractivity contribution in [2.24, 2.45) is 0 Å². The van der Waals surface area contributed by atoms with E-state index in [1.807, 2.05) is 22.7 Å². The van der Waals surface area contributed by atoms with E-state index in [0.717, 1.165) is 53.7 Å². The molecule has 0 atom stereocenters. The molecule has 0 aliphatic carbocycles. The maximum atomic E-state index is 5.43. The molecular weight excluding hydrogens is 398 g/mol. The van der Waals surface area contributed by atoms with Crippen LogP contribution in [0.4, 0.5) is 0 Å². The number of ether oxygens (including phenoxy) is 2. The first-order chi connectivity index (χ1) is 14.7. The molecule has 4 heterocycles. The highest BCUT2D eigenvalue weighted by atomic mass is 32.1. The van der Waals surface area contributed by atoms with Crippen LogP contribution in [-0.4, -0.2) is 51.8 Å². The van der Waals surface area contributed by atoms with Gasteiger partial charge in [-0.2, -0.15) is 0 Å². The number of aromatic nitrogens is 4. The second-order valence-electron chi connectivity index (χ2n) is 7.62. The summed E-state index contributed by atoms with van der Waals surface area (Å²) in [6.07, 6.45) is 4.65. The Balaban J connectivity index is 1.51. The highest BCUT2D eigenvalue weighted by molar-refractivity contribution is 7.19. The summed E-state index contributed by atoms with van der Waals surface area (Å²) in [5.74, 6) is 2.21. The molecule has 0 amide bonds. The first kappa shape index (κ1) is 19.3. The van der Waals surface area contributed by atoms with Gasteiger partial charge in [0, 0.05) is 24.4 Å². The molecule has 156 valence electrons. The van der Waals surface area contributed by atoms with Crippen LogP contribution < -0.4 is 9.47 Å². The lowest BCUT2D eigenvalue weighted by atomic mass is 10.1. The number of nitrogens with zero attached hydrogens (tertiary/aromatic N) is 5. The number of rotatable bonds is 6. The summed E-state index contributed by atoms with van der Waals surface area (Å²) in [7, 11) is 3.29. The summed E-state index contributed by atoms with van der Waals surface area (Å²) in [4.78, 5) is 14.6. The van der Waals surface area contributed by atoms with Crippen molar-refractivity contribution in [2.45, 2.75) is 32.7 Å². The van der Waals surface area contributed by atoms with Crippen LogP contribution in [0.25, 0.3) is 15.9 Å². The molecule has 5 rings (SSSR count). The fourth-order valence-corrected chi connectivity index (χ4v) is 5.47. The Hall–Kier alpha value is -2.71. The number of hydrogen-bond donors (Lipinski definition) is 0. The van der Waals surface area contributed by atoms with E-state index in [-0.39, 0.29) is 0 Å². The predicted octanol–water partition coefficient (Wildman–Crippen LogP) is 3.72. The molecule has 0 unspecified atom stereocenters. The van der Waals surface area contributed by atoms with E-state index in [1.165, 1.54) is 22.2 Å². The summed E-state index contributed by atoms with van der Waals surface area (Å²) < 4.78 is 12.6. The SMILES string of the molecule is CCCN1CCc2c(sc3ncn4nc(Cc5ccc(OC)c(OC)c5)nc4c23)C1. The predicted molar refractivity (Wildman–Crippen MR) is 118 cm³/mol. The molecule has 0 spiro atoms. The molecule has 7 nitrogen and oxygen atoms in total. The van der Waals surface area contributed by atoms with Gasteiger partial charge in [0.1, 0.15) is 11.2 Å². The van der Waals surface area contributed by atoms with Crippen LogP contribution in [0.3, 0.4) is 0 Å². The topological polar surface area (TPSA) is 64.8 Å². The molecule has 1 aliphatic heterocycles. The lowest BCUT2D eigenvalue weighted by Crippen LogP contribution is -2.30. The van der Waals surface area contributed by atoms with Gasteiger partial charge in [-0.05, 0) is 42.6 Å². The molecule has 1 aliphatic rings. The van der Waals surface area contributed by atoms with Gasteiger partial charge in [-0.1, -0.05) is 13.0 Å². The first-order valence-corrected chi connectivity index (χ1v) is 11.1. The average Bonchev–Trinajstić information content (AvgIpc) is 3.33. The van der Waals surface area contributed by atoms with Crippen LogP contribution in [0.15, 0.2) is 24.5 Å².